The van der Waals surface area contributed by atoms with E-state index in [-0.39, 0.29) is 0 Å². The number of para-hydroxylation sites is 2. The topological polar surface area (TPSA) is 57.3 Å². The fourth-order valence-electron chi connectivity index (χ4n) is 4.91. The standard InChI is InChI=1S/C30H32N4O/c35-22-34(25-10-2-1-3-11-25)26-16-14-24(15-17-26)29-20-30(27-12-4-5-13-28(27)33-29)32-19-7-9-23-8-6-18-31-21-23/h1-5,10-17,20,22-23,31H,6-9,18-19,21H2,(H,32,33). The van der Waals surface area contributed by atoms with Crippen molar-refractivity contribution in [2.45, 2.75) is 25.7 Å². The van der Waals surface area contributed by atoms with E-state index >= 15 is 0 Å². The number of amides is 1. The Morgan fingerprint density at radius 2 is 1.74 bits per heavy atom. The van der Waals surface area contributed by atoms with E-state index in [2.05, 4.69) is 34.9 Å². The minimum absolute atomic E-state index is 0.802. The molecule has 1 atom stereocenters. The molecule has 5 rings (SSSR count). The molecule has 5 heteroatoms. The molecule has 1 aliphatic heterocycles. The number of rotatable bonds is 9. The van der Waals surface area contributed by atoms with Crippen LogP contribution in [-0.2, 0) is 4.79 Å². The van der Waals surface area contributed by atoms with Crippen molar-refractivity contribution in [1.82, 2.24) is 10.3 Å². The average molecular weight is 465 g/mol. The number of anilines is 3. The Morgan fingerprint density at radius 3 is 2.51 bits per heavy atom. The molecule has 0 saturated carbocycles. The number of piperidine rings is 1. The van der Waals surface area contributed by atoms with Gasteiger partial charge in [-0.15, -0.1) is 0 Å². The van der Waals surface area contributed by atoms with E-state index in [0.29, 0.717) is 0 Å². The van der Waals surface area contributed by atoms with Gasteiger partial charge < -0.3 is 10.6 Å². The van der Waals surface area contributed by atoms with Crippen LogP contribution in [0, 0.1) is 5.92 Å². The highest BCUT2D eigenvalue weighted by atomic mass is 16.1. The lowest BCUT2D eigenvalue weighted by Crippen LogP contribution is -2.29. The fraction of sp³-hybridized carbons (Fsp3) is 0.267. The fourth-order valence-corrected chi connectivity index (χ4v) is 4.91. The molecular formula is C30H32N4O. The van der Waals surface area contributed by atoms with Crippen molar-refractivity contribution in [1.29, 1.82) is 0 Å². The van der Waals surface area contributed by atoms with Crippen molar-refractivity contribution in [2.24, 2.45) is 5.92 Å². The van der Waals surface area contributed by atoms with Gasteiger partial charge in [-0.25, -0.2) is 4.98 Å². The second kappa shape index (κ2) is 11.2. The van der Waals surface area contributed by atoms with E-state index in [4.69, 9.17) is 4.98 Å². The largest absolute Gasteiger partial charge is 0.384 e. The first-order valence-electron chi connectivity index (χ1n) is 12.6. The quantitative estimate of drug-likeness (QED) is 0.223. The lowest BCUT2D eigenvalue weighted by Gasteiger charge is -2.22. The highest BCUT2D eigenvalue weighted by Gasteiger charge is 2.13. The highest BCUT2D eigenvalue weighted by Crippen LogP contribution is 2.31. The van der Waals surface area contributed by atoms with Gasteiger partial charge in [0.15, 0.2) is 0 Å². The van der Waals surface area contributed by atoms with Gasteiger partial charge in [0.2, 0.25) is 6.41 Å². The van der Waals surface area contributed by atoms with Gasteiger partial charge in [-0.05, 0) is 81.1 Å². The molecule has 1 aromatic heterocycles. The van der Waals surface area contributed by atoms with Gasteiger partial charge in [0, 0.05) is 34.6 Å². The van der Waals surface area contributed by atoms with Crippen LogP contribution in [0.25, 0.3) is 22.2 Å². The maximum Gasteiger partial charge on any atom is 0.218 e. The van der Waals surface area contributed by atoms with Crippen LogP contribution < -0.4 is 15.5 Å². The molecule has 178 valence electrons. The number of fused-ring (bicyclic) bond motifs is 1. The molecule has 5 nitrogen and oxygen atoms in total. The summed E-state index contributed by atoms with van der Waals surface area (Å²) < 4.78 is 0. The monoisotopic (exact) mass is 464 g/mol. The van der Waals surface area contributed by atoms with Crippen molar-refractivity contribution < 1.29 is 4.79 Å². The zero-order valence-electron chi connectivity index (χ0n) is 20.0. The molecule has 1 aliphatic rings. The van der Waals surface area contributed by atoms with Crippen LogP contribution in [0.3, 0.4) is 0 Å². The Bertz CT molecular complexity index is 1250. The summed E-state index contributed by atoms with van der Waals surface area (Å²) in [6.45, 7) is 3.28. The van der Waals surface area contributed by atoms with Gasteiger partial charge in [0.25, 0.3) is 0 Å². The lowest BCUT2D eigenvalue weighted by atomic mass is 9.95. The number of hydrogen-bond acceptors (Lipinski definition) is 4. The number of benzene rings is 3. The SMILES string of the molecule is O=CN(c1ccccc1)c1ccc(-c2cc(NCCCC3CCCNC3)c3ccccc3n2)cc1. The molecule has 1 unspecified atom stereocenters. The number of nitrogens with zero attached hydrogens (tertiary/aromatic N) is 2. The number of nitrogens with one attached hydrogen (secondary N) is 2. The maximum absolute atomic E-state index is 11.8. The van der Waals surface area contributed by atoms with Crippen molar-refractivity contribution in [3.8, 4) is 11.3 Å². The van der Waals surface area contributed by atoms with E-state index in [1.165, 1.54) is 25.8 Å². The van der Waals surface area contributed by atoms with Gasteiger partial charge in [0.1, 0.15) is 0 Å². The molecule has 0 bridgehead atoms. The third kappa shape index (κ3) is 5.52. The lowest BCUT2D eigenvalue weighted by molar-refractivity contribution is -0.106. The molecule has 2 N–H and O–H groups in total. The van der Waals surface area contributed by atoms with Crippen molar-refractivity contribution in [3.05, 3.63) is 84.9 Å². The molecule has 3 aromatic carbocycles. The van der Waals surface area contributed by atoms with Crippen LogP contribution in [-0.4, -0.2) is 31.0 Å². The molecule has 0 radical (unpaired) electrons. The second-order valence-corrected chi connectivity index (χ2v) is 9.21. The summed E-state index contributed by atoms with van der Waals surface area (Å²) in [6, 6.07) is 28.1. The Balaban J connectivity index is 1.34. The summed E-state index contributed by atoms with van der Waals surface area (Å²) in [5.41, 5.74) is 5.71. The minimum Gasteiger partial charge on any atom is -0.384 e. The predicted molar refractivity (Wildman–Crippen MR) is 145 cm³/mol. The van der Waals surface area contributed by atoms with Gasteiger partial charge in [-0.3, -0.25) is 9.69 Å². The summed E-state index contributed by atoms with van der Waals surface area (Å²) in [4.78, 5) is 18.4. The number of aromatic nitrogens is 1. The van der Waals surface area contributed by atoms with Crippen LogP contribution in [0.4, 0.5) is 17.1 Å². The summed E-state index contributed by atoms with van der Waals surface area (Å²) in [7, 11) is 0. The van der Waals surface area contributed by atoms with E-state index in [1.807, 2.05) is 60.7 Å². The van der Waals surface area contributed by atoms with Crippen molar-refractivity contribution in [3.63, 3.8) is 0 Å². The first-order valence-corrected chi connectivity index (χ1v) is 12.6. The summed E-state index contributed by atoms with van der Waals surface area (Å²) in [6.07, 6.45) is 5.91. The third-order valence-corrected chi connectivity index (χ3v) is 6.80. The smallest absolute Gasteiger partial charge is 0.218 e. The van der Waals surface area contributed by atoms with E-state index in [9.17, 15) is 4.79 Å². The molecule has 1 fully saturated rings. The van der Waals surface area contributed by atoms with Gasteiger partial charge in [0.05, 0.1) is 11.2 Å². The molecule has 2 heterocycles. The minimum atomic E-state index is 0.802. The van der Waals surface area contributed by atoms with Crippen molar-refractivity contribution in [2.75, 3.05) is 29.9 Å². The van der Waals surface area contributed by atoms with Crippen molar-refractivity contribution >= 4 is 34.4 Å². The van der Waals surface area contributed by atoms with Crippen LogP contribution in [0.2, 0.25) is 0 Å². The molecular weight excluding hydrogens is 432 g/mol. The molecule has 0 spiro atoms. The first kappa shape index (κ1) is 23.1. The second-order valence-electron chi connectivity index (χ2n) is 9.21. The Hall–Kier alpha value is -3.70. The number of carbonyl (C=O) groups is 1. The highest BCUT2D eigenvalue weighted by molar-refractivity contribution is 5.94. The summed E-state index contributed by atoms with van der Waals surface area (Å²) >= 11 is 0. The van der Waals surface area contributed by atoms with E-state index in [0.717, 1.165) is 71.1 Å². The summed E-state index contributed by atoms with van der Waals surface area (Å²) in [5, 5.41) is 8.34. The molecule has 1 amide bonds. The van der Waals surface area contributed by atoms with Gasteiger partial charge >= 0.3 is 0 Å². The first-order chi connectivity index (χ1) is 17.3. The number of pyridine rings is 1. The number of hydrogen-bond donors (Lipinski definition) is 2. The Labute approximate surface area is 207 Å². The zero-order valence-corrected chi connectivity index (χ0v) is 20.0. The van der Waals surface area contributed by atoms with Gasteiger partial charge in [-0.1, -0.05) is 48.5 Å². The summed E-state index contributed by atoms with van der Waals surface area (Å²) in [5.74, 6) is 0.802. The molecule has 0 aliphatic carbocycles. The predicted octanol–water partition coefficient (Wildman–Crippen LogP) is 6.39. The molecule has 4 aromatic rings. The normalized spacial score (nSPS) is 15.6. The Kier molecular flexibility index (Phi) is 7.35. The van der Waals surface area contributed by atoms with Crippen LogP contribution in [0.5, 0.6) is 0 Å². The van der Waals surface area contributed by atoms with E-state index in [1.54, 1.807) is 4.90 Å². The van der Waals surface area contributed by atoms with Gasteiger partial charge in [-0.2, -0.15) is 0 Å². The van der Waals surface area contributed by atoms with E-state index < -0.39 is 0 Å². The van der Waals surface area contributed by atoms with Crippen LogP contribution in [0.15, 0.2) is 84.9 Å². The Morgan fingerprint density at radius 1 is 0.971 bits per heavy atom. The zero-order chi connectivity index (χ0) is 23.9. The average Bonchev–Trinajstić information content (AvgIpc) is 2.93. The van der Waals surface area contributed by atoms with Crippen LogP contribution in [0.1, 0.15) is 25.7 Å². The molecule has 35 heavy (non-hydrogen) atoms. The third-order valence-electron chi connectivity index (χ3n) is 6.80. The van der Waals surface area contributed by atoms with Crippen LogP contribution >= 0.6 is 0 Å². The maximum atomic E-state index is 11.8. The molecule has 1 saturated heterocycles. The number of carbonyl (C=O) groups excluding carboxylic acids is 1.